The van der Waals surface area contributed by atoms with E-state index in [4.69, 9.17) is 11.0 Å². The summed E-state index contributed by atoms with van der Waals surface area (Å²) in [6.07, 6.45) is 6.67. The quantitative estimate of drug-likeness (QED) is 0.121. The maximum Gasteiger partial charge on any atom is 0.243 e. The summed E-state index contributed by atoms with van der Waals surface area (Å²) in [7, 11) is 0. The summed E-state index contributed by atoms with van der Waals surface area (Å²) < 4.78 is 11.5. The van der Waals surface area contributed by atoms with Gasteiger partial charge in [-0.15, -0.1) is 0 Å². The summed E-state index contributed by atoms with van der Waals surface area (Å²) in [6.45, 7) is 18.3. The second-order valence-electron chi connectivity index (χ2n) is 18.4. The Hall–Kier alpha value is -8.94. The third-order valence-corrected chi connectivity index (χ3v) is 14.5. The number of furan rings is 1. The molecule has 2 aliphatic heterocycles. The number of nitrogens with zero attached hydrogens (tertiary/aromatic N) is 5. The van der Waals surface area contributed by atoms with E-state index in [9.17, 15) is 0 Å². The van der Waals surface area contributed by atoms with Crippen molar-refractivity contribution < 1.29 is 4.42 Å². The van der Waals surface area contributed by atoms with Gasteiger partial charge in [0.05, 0.1) is 16.9 Å². The Kier molecular flexibility index (Phi) is 10.7. The maximum absolute atomic E-state index is 6.65. The number of allylic oxidation sites excluding steroid dienone is 3. The van der Waals surface area contributed by atoms with Crippen LogP contribution in [0.25, 0.3) is 45.4 Å². The molecule has 0 amide bonds. The van der Waals surface area contributed by atoms with Gasteiger partial charge in [-0.2, -0.15) is 0 Å². The summed E-state index contributed by atoms with van der Waals surface area (Å²) >= 11 is 0. The van der Waals surface area contributed by atoms with Crippen molar-refractivity contribution in [1.29, 1.82) is 0 Å². The van der Waals surface area contributed by atoms with Crippen LogP contribution in [0, 0.1) is 27.7 Å². The average Bonchev–Trinajstić information content (AvgIpc) is 4.04. The first-order chi connectivity index (χ1) is 34.8. The SMILES string of the molecule is C=C/C(=c1/c(C)c(C)n2c1=CB1C(=C2)/C(=C\C(=C)N(c2ccccc2)c2cc3ccccc3o2)n2c(C)c(C)c3c(N(c4ccccc4)c4ccccc4)ccc1c32)N(c1ccccc1)c1ccccc1. The van der Waals surface area contributed by atoms with Crippen LogP contribution < -0.4 is 30.7 Å². The smallest absolute Gasteiger partial charge is 0.243 e. The van der Waals surface area contributed by atoms with E-state index in [0.717, 1.165) is 78.4 Å². The zero-order valence-corrected chi connectivity index (χ0v) is 40.4. The van der Waals surface area contributed by atoms with Crippen molar-refractivity contribution in [2.45, 2.75) is 27.7 Å². The molecule has 0 unspecified atom stereocenters. The minimum absolute atomic E-state index is 0.127. The normalized spacial score (nSPS) is 13.6. The van der Waals surface area contributed by atoms with Crippen molar-refractivity contribution >= 4 is 97.6 Å². The van der Waals surface area contributed by atoms with Crippen molar-refractivity contribution in [3.05, 3.63) is 264 Å². The fourth-order valence-corrected chi connectivity index (χ4v) is 11.0. The highest BCUT2D eigenvalue weighted by atomic mass is 16.4. The molecule has 71 heavy (non-hydrogen) atoms. The molecule has 12 rings (SSSR count). The molecule has 2 aliphatic rings. The van der Waals surface area contributed by atoms with Crippen molar-refractivity contribution in [3.8, 4) is 0 Å². The standard InChI is InChI=1S/C64H52BN5O/c1-7-56(69(50-28-15-9-16-29-50)51-30-17-10-18-31-51)62-44(3)46(5)66-42-55-58(39-43(2)67(49-26-13-8-14-27-49)61-40-48-25-23-24-36-60(48)71-61)68-47(6)45(4)63-57(38-37-54(64(63)68)65(55)41-59(62)66)70(52-32-19-11-20-33-52)53-34-21-12-22-35-53/h7-42H,1-2H2,3-6H3/b58-39+,62-56+. The second-order valence-corrected chi connectivity index (χ2v) is 18.4. The summed E-state index contributed by atoms with van der Waals surface area (Å²) in [6, 6.07) is 68.0. The Bertz CT molecular complexity index is 3790. The molecule has 0 fully saturated rings. The van der Waals surface area contributed by atoms with Gasteiger partial charge in [0.15, 0.2) is 0 Å². The highest BCUT2D eigenvalue weighted by molar-refractivity contribution is 6.95. The molecule has 0 spiro atoms. The van der Waals surface area contributed by atoms with Crippen LogP contribution in [0.15, 0.2) is 235 Å². The van der Waals surface area contributed by atoms with Gasteiger partial charge < -0.3 is 23.4 Å². The molecular formula is C64H52BN5O. The van der Waals surface area contributed by atoms with Gasteiger partial charge in [0.25, 0.3) is 0 Å². The molecule has 10 aromatic rings. The Balaban J connectivity index is 1.16. The Morgan fingerprint density at radius 2 is 1.13 bits per heavy atom. The maximum atomic E-state index is 6.65. The van der Waals surface area contributed by atoms with E-state index < -0.39 is 0 Å². The molecule has 0 radical (unpaired) electrons. The number of benzene rings is 7. The Labute approximate surface area is 415 Å². The molecule has 6 nitrogen and oxygen atoms in total. The number of hydrogen-bond donors (Lipinski definition) is 0. The lowest BCUT2D eigenvalue weighted by atomic mass is 9.37. The van der Waals surface area contributed by atoms with Gasteiger partial charge >= 0.3 is 0 Å². The van der Waals surface area contributed by atoms with Gasteiger partial charge in [-0.05, 0) is 135 Å². The highest BCUT2D eigenvalue weighted by Gasteiger charge is 2.38. The van der Waals surface area contributed by atoms with Crippen LogP contribution in [0.1, 0.15) is 22.5 Å². The van der Waals surface area contributed by atoms with E-state index >= 15 is 0 Å². The number of aryl methyl sites for hydroxylation is 1. The molecule has 0 saturated carbocycles. The molecule has 5 heterocycles. The van der Waals surface area contributed by atoms with E-state index in [-0.39, 0.29) is 6.71 Å². The van der Waals surface area contributed by atoms with E-state index in [1.54, 1.807) is 0 Å². The first-order valence-corrected chi connectivity index (χ1v) is 24.3. The lowest BCUT2D eigenvalue weighted by Crippen LogP contribution is -2.46. The molecule has 0 N–H and O–H groups in total. The van der Waals surface area contributed by atoms with Crippen LogP contribution in [0.3, 0.4) is 0 Å². The molecule has 3 aromatic heterocycles. The van der Waals surface area contributed by atoms with Crippen molar-refractivity contribution in [2.24, 2.45) is 0 Å². The lowest BCUT2D eigenvalue weighted by Gasteiger charge is -2.33. The molecule has 7 heteroatoms. The number of fused-ring (bicyclic) bond motifs is 4. The van der Waals surface area contributed by atoms with Gasteiger partial charge in [0, 0.05) is 84.8 Å². The van der Waals surface area contributed by atoms with E-state index in [0.29, 0.717) is 5.88 Å². The van der Waals surface area contributed by atoms with E-state index in [1.807, 2.05) is 30.3 Å². The van der Waals surface area contributed by atoms with E-state index in [1.165, 1.54) is 38.7 Å². The number of rotatable bonds is 11. The van der Waals surface area contributed by atoms with Crippen LogP contribution in [0.4, 0.5) is 40.0 Å². The van der Waals surface area contributed by atoms with Crippen molar-refractivity contribution in [3.63, 3.8) is 0 Å². The number of para-hydroxylation sites is 6. The molecule has 342 valence electrons. The summed E-state index contributed by atoms with van der Waals surface area (Å²) in [4.78, 5) is 6.87. The fraction of sp³-hybridized carbons (Fsp3) is 0.0625. The van der Waals surface area contributed by atoms with Crippen molar-refractivity contribution in [2.75, 3.05) is 14.7 Å². The number of hydrogen-bond acceptors (Lipinski definition) is 4. The zero-order chi connectivity index (χ0) is 48.3. The molecule has 7 aromatic carbocycles. The Morgan fingerprint density at radius 1 is 0.592 bits per heavy atom. The van der Waals surface area contributed by atoms with Crippen LogP contribution in [0.5, 0.6) is 0 Å². The topological polar surface area (TPSA) is 32.7 Å². The van der Waals surface area contributed by atoms with Gasteiger partial charge in [0.2, 0.25) is 12.6 Å². The van der Waals surface area contributed by atoms with Gasteiger partial charge in [-0.1, -0.05) is 134 Å². The third-order valence-electron chi connectivity index (χ3n) is 14.5. The second kappa shape index (κ2) is 17.5. The fourth-order valence-electron chi connectivity index (χ4n) is 11.0. The van der Waals surface area contributed by atoms with Crippen LogP contribution >= 0.6 is 0 Å². The van der Waals surface area contributed by atoms with Gasteiger partial charge in [-0.25, -0.2) is 0 Å². The zero-order valence-electron chi connectivity index (χ0n) is 40.4. The molecule has 0 bridgehead atoms. The Morgan fingerprint density at radius 3 is 1.69 bits per heavy atom. The summed E-state index contributed by atoms with van der Waals surface area (Å²) in [5.41, 5.74) is 18.4. The van der Waals surface area contributed by atoms with E-state index in [2.05, 4.69) is 246 Å². The third kappa shape index (κ3) is 7.11. The minimum Gasteiger partial charge on any atom is -0.440 e. The predicted octanol–water partition coefficient (Wildman–Crippen LogP) is 14.3. The summed E-state index contributed by atoms with van der Waals surface area (Å²) in [5, 5.41) is 4.52. The van der Waals surface area contributed by atoms with Gasteiger partial charge in [-0.3, -0.25) is 4.90 Å². The largest absolute Gasteiger partial charge is 0.440 e. The van der Waals surface area contributed by atoms with Crippen LogP contribution in [0.2, 0.25) is 0 Å². The number of aromatic nitrogens is 2. The predicted molar refractivity (Wildman–Crippen MR) is 300 cm³/mol. The minimum atomic E-state index is -0.127. The first kappa shape index (κ1) is 43.4. The molecule has 0 saturated heterocycles. The van der Waals surface area contributed by atoms with Gasteiger partial charge in [0.1, 0.15) is 5.58 Å². The highest BCUT2D eigenvalue weighted by Crippen LogP contribution is 2.46. The van der Waals surface area contributed by atoms with Crippen LogP contribution in [-0.2, 0) is 0 Å². The average molecular weight is 918 g/mol. The molecule has 0 aliphatic carbocycles. The summed E-state index contributed by atoms with van der Waals surface area (Å²) in [5.74, 6) is 3.19. The monoisotopic (exact) mass is 917 g/mol. The number of anilines is 7. The van der Waals surface area contributed by atoms with Crippen LogP contribution in [-0.4, -0.2) is 15.8 Å². The molecule has 0 atom stereocenters. The van der Waals surface area contributed by atoms with Crippen molar-refractivity contribution in [1.82, 2.24) is 9.13 Å². The molecular weight excluding hydrogens is 866 g/mol. The first-order valence-electron chi connectivity index (χ1n) is 24.3. The lowest BCUT2D eigenvalue weighted by molar-refractivity contribution is 0.618.